The molecule has 4 nitrogen and oxygen atoms in total. The lowest BCUT2D eigenvalue weighted by atomic mass is 10.1. The van der Waals surface area contributed by atoms with Crippen LogP contribution in [0.4, 0.5) is 0 Å². The zero-order valence-corrected chi connectivity index (χ0v) is 9.76. The van der Waals surface area contributed by atoms with E-state index in [1.807, 2.05) is 6.92 Å². The number of amides is 1. The second-order valence-electron chi connectivity index (χ2n) is 3.67. The summed E-state index contributed by atoms with van der Waals surface area (Å²) in [7, 11) is 0. The lowest BCUT2D eigenvalue weighted by Gasteiger charge is -2.09. The predicted molar refractivity (Wildman–Crippen MR) is 58.1 cm³/mol. The standard InChI is InChI=1S/C10H18ClNO3/c1-8-6-9(7-15-8)10(13)12-3-5-14-4-2-11/h8-9H,2-7H2,1H3,(H,12,13). The van der Waals surface area contributed by atoms with Crippen LogP contribution >= 0.6 is 11.6 Å². The molecule has 88 valence electrons. The van der Waals surface area contributed by atoms with Crippen LogP contribution in [0.15, 0.2) is 0 Å². The number of hydrogen-bond acceptors (Lipinski definition) is 3. The molecule has 0 bridgehead atoms. The number of rotatable bonds is 6. The molecule has 0 aromatic carbocycles. The third kappa shape index (κ3) is 4.82. The third-order valence-corrected chi connectivity index (χ3v) is 2.49. The summed E-state index contributed by atoms with van der Waals surface area (Å²) >= 11 is 5.43. The van der Waals surface area contributed by atoms with Crippen molar-refractivity contribution < 1.29 is 14.3 Å². The largest absolute Gasteiger partial charge is 0.378 e. The highest BCUT2D eigenvalue weighted by Crippen LogP contribution is 2.18. The molecule has 1 N–H and O–H groups in total. The molecular formula is C10H18ClNO3. The molecular weight excluding hydrogens is 218 g/mol. The number of carbonyl (C=O) groups excluding carboxylic acids is 1. The van der Waals surface area contributed by atoms with Crippen LogP contribution < -0.4 is 5.32 Å². The second-order valence-corrected chi connectivity index (χ2v) is 4.05. The van der Waals surface area contributed by atoms with E-state index in [1.54, 1.807) is 0 Å². The van der Waals surface area contributed by atoms with Crippen LogP contribution in [0.5, 0.6) is 0 Å². The van der Waals surface area contributed by atoms with Crippen molar-refractivity contribution in [2.24, 2.45) is 5.92 Å². The molecule has 1 aliphatic heterocycles. The van der Waals surface area contributed by atoms with Gasteiger partial charge in [0.2, 0.25) is 5.91 Å². The summed E-state index contributed by atoms with van der Waals surface area (Å²) in [5, 5.41) is 2.82. The Bertz CT molecular complexity index is 201. The molecule has 1 fully saturated rings. The summed E-state index contributed by atoms with van der Waals surface area (Å²) in [6.07, 6.45) is 1.02. The smallest absolute Gasteiger partial charge is 0.225 e. The van der Waals surface area contributed by atoms with Gasteiger partial charge in [0.05, 0.1) is 31.8 Å². The molecule has 0 radical (unpaired) electrons. The van der Waals surface area contributed by atoms with Crippen LogP contribution in [0.1, 0.15) is 13.3 Å². The van der Waals surface area contributed by atoms with Gasteiger partial charge in [0.1, 0.15) is 0 Å². The van der Waals surface area contributed by atoms with E-state index in [9.17, 15) is 4.79 Å². The molecule has 1 rings (SSSR count). The first-order chi connectivity index (χ1) is 7.24. The van der Waals surface area contributed by atoms with Crippen molar-refractivity contribution in [1.29, 1.82) is 0 Å². The Morgan fingerprint density at radius 3 is 3.00 bits per heavy atom. The monoisotopic (exact) mass is 235 g/mol. The van der Waals surface area contributed by atoms with E-state index in [4.69, 9.17) is 21.1 Å². The van der Waals surface area contributed by atoms with Crippen LogP contribution in [-0.2, 0) is 14.3 Å². The zero-order valence-electron chi connectivity index (χ0n) is 9.00. The van der Waals surface area contributed by atoms with Crippen molar-refractivity contribution in [3.63, 3.8) is 0 Å². The van der Waals surface area contributed by atoms with Gasteiger partial charge in [-0.3, -0.25) is 4.79 Å². The zero-order chi connectivity index (χ0) is 11.1. The Balaban J connectivity index is 2.03. The SMILES string of the molecule is CC1CC(C(=O)NCCOCCCl)CO1. The van der Waals surface area contributed by atoms with Crippen LogP contribution in [0.25, 0.3) is 0 Å². The average Bonchev–Trinajstić information content (AvgIpc) is 2.64. The van der Waals surface area contributed by atoms with Crippen LogP contribution in [0, 0.1) is 5.92 Å². The van der Waals surface area contributed by atoms with E-state index in [-0.39, 0.29) is 17.9 Å². The minimum Gasteiger partial charge on any atom is -0.378 e. The maximum absolute atomic E-state index is 11.6. The third-order valence-electron chi connectivity index (χ3n) is 2.34. The van der Waals surface area contributed by atoms with E-state index in [0.29, 0.717) is 32.2 Å². The molecule has 1 amide bonds. The van der Waals surface area contributed by atoms with Crippen LogP contribution in [0.2, 0.25) is 0 Å². The molecule has 2 unspecified atom stereocenters. The molecule has 2 atom stereocenters. The summed E-state index contributed by atoms with van der Waals surface area (Å²) in [6.45, 7) is 4.11. The van der Waals surface area contributed by atoms with Gasteiger partial charge in [-0.15, -0.1) is 11.6 Å². The number of halogens is 1. The maximum Gasteiger partial charge on any atom is 0.225 e. The summed E-state index contributed by atoms with van der Waals surface area (Å²) < 4.78 is 10.5. The molecule has 1 heterocycles. The van der Waals surface area contributed by atoms with Gasteiger partial charge in [-0.25, -0.2) is 0 Å². The molecule has 1 saturated heterocycles. The Labute approximate surface area is 95.3 Å². The molecule has 0 aliphatic carbocycles. The van der Waals surface area contributed by atoms with E-state index >= 15 is 0 Å². The number of carbonyl (C=O) groups is 1. The van der Waals surface area contributed by atoms with Crippen LogP contribution in [-0.4, -0.2) is 44.3 Å². The lowest BCUT2D eigenvalue weighted by molar-refractivity contribution is -0.125. The molecule has 1 aliphatic rings. The quantitative estimate of drug-likeness (QED) is 0.547. The average molecular weight is 236 g/mol. The Hall–Kier alpha value is -0.320. The minimum absolute atomic E-state index is 0.00743. The van der Waals surface area contributed by atoms with Crippen LogP contribution in [0.3, 0.4) is 0 Å². The molecule has 5 heteroatoms. The highest BCUT2D eigenvalue weighted by atomic mass is 35.5. The summed E-state index contributed by atoms with van der Waals surface area (Å²) in [6, 6.07) is 0. The summed E-state index contributed by atoms with van der Waals surface area (Å²) in [4.78, 5) is 11.6. The van der Waals surface area contributed by atoms with Crippen molar-refractivity contribution in [1.82, 2.24) is 5.32 Å². The fourth-order valence-electron chi connectivity index (χ4n) is 1.55. The van der Waals surface area contributed by atoms with E-state index in [1.165, 1.54) is 0 Å². The van der Waals surface area contributed by atoms with Gasteiger partial charge < -0.3 is 14.8 Å². The number of ether oxygens (including phenoxy) is 2. The van der Waals surface area contributed by atoms with Gasteiger partial charge in [0.15, 0.2) is 0 Å². The normalized spacial score (nSPS) is 25.5. The predicted octanol–water partition coefficient (Wildman–Crippen LogP) is 0.783. The van der Waals surface area contributed by atoms with E-state index in [2.05, 4.69) is 5.32 Å². The summed E-state index contributed by atoms with van der Waals surface area (Å²) in [5.41, 5.74) is 0. The number of hydrogen-bond donors (Lipinski definition) is 1. The Morgan fingerprint density at radius 1 is 1.60 bits per heavy atom. The van der Waals surface area contributed by atoms with Crippen molar-refractivity contribution >= 4 is 17.5 Å². The van der Waals surface area contributed by atoms with Gasteiger partial charge in [-0.05, 0) is 13.3 Å². The van der Waals surface area contributed by atoms with E-state index < -0.39 is 0 Å². The van der Waals surface area contributed by atoms with Gasteiger partial charge in [0.25, 0.3) is 0 Å². The van der Waals surface area contributed by atoms with Gasteiger partial charge >= 0.3 is 0 Å². The van der Waals surface area contributed by atoms with Crippen molar-refractivity contribution in [3.8, 4) is 0 Å². The molecule has 15 heavy (non-hydrogen) atoms. The minimum atomic E-state index is 0.00743. The van der Waals surface area contributed by atoms with Gasteiger partial charge in [-0.2, -0.15) is 0 Å². The first-order valence-electron chi connectivity index (χ1n) is 5.27. The number of alkyl halides is 1. The molecule has 0 aromatic rings. The Kier molecular flexibility index (Phi) is 5.98. The molecule has 0 saturated carbocycles. The fraction of sp³-hybridized carbons (Fsp3) is 0.900. The Morgan fingerprint density at radius 2 is 2.40 bits per heavy atom. The van der Waals surface area contributed by atoms with Gasteiger partial charge in [0, 0.05) is 12.4 Å². The number of nitrogens with one attached hydrogen (secondary N) is 1. The topological polar surface area (TPSA) is 47.6 Å². The van der Waals surface area contributed by atoms with Crippen molar-refractivity contribution in [2.75, 3.05) is 32.2 Å². The molecule has 0 aromatic heterocycles. The highest BCUT2D eigenvalue weighted by molar-refractivity contribution is 6.17. The van der Waals surface area contributed by atoms with Crippen molar-refractivity contribution in [2.45, 2.75) is 19.4 Å². The first kappa shape index (κ1) is 12.7. The fourth-order valence-corrected chi connectivity index (χ4v) is 1.66. The second kappa shape index (κ2) is 7.04. The molecule has 0 spiro atoms. The maximum atomic E-state index is 11.6. The van der Waals surface area contributed by atoms with E-state index in [0.717, 1.165) is 6.42 Å². The highest BCUT2D eigenvalue weighted by Gasteiger charge is 2.27. The summed E-state index contributed by atoms with van der Waals surface area (Å²) in [5.74, 6) is 0.559. The lowest BCUT2D eigenvalue weighted by Crippen LogP contribution is -2.33. The van der Waals surface area contributed by atoms with Crippen molar-refractivity contribution in [3.05, 3.63) is 0 Å². The first-order valence-corrected chi connectivity index (χ1v) is 5.80. The van der Waals surface area contributed by atoms with Gasteiger partial charge in [-0.1, -0.05) is 0 Å².